The van der Waals surface area contributed by atoms with E-state index in [-0.39, 0.29) is 30.3 Å². The second-order valence-electron chi connectivity index (χ2n) is 8.45. The molecule has 3 rings (SSSR count). The summed E-state index contributed by atoms with van der Waals surface area (Å²) in [5.41, 5.74) is -0.786. The van der Waals surface area contributed by atoms with Crippen LogP contribution in [0, 0.1) is 6.92 Å². The average molecular weight is 467 g/mol. The first kappa shape index (κ1) is 24.4. The lowest BCUT2D eigenvalue weighted by Crippen LogP contribution is -2.42. The van der Waals surface area contributed by atoms with E-state index < -0.39 is 23.3 Å². The van der Waals surface area contributed by atoms with Crippen molar-refractivity contribution in [2.75, 3.05) is 20.3 Å². The predicted octanol–water partition coefficient (Wildman–Crippen LogP) is 1.82. The monoisotopic (exact) mass is 466 g/mol. The summed E-state index contributed by atoms with van der Waals surface area (Å²) in [4.78, 5) is 25.7. The number of amides is 1. The van der Waals surface area contributed by atoms with E-state index in [9.17, 15) is 19.8 Å². The molecule has 0 saturated heterocycles. The fourth-order valence-electron chi connectivity index (χ4n) is 4.05. The smallest absolute Gasteiger partial charge is 0.350 e. The van der Waals surface area contributed by atoms with Gasteiger partial charge in [0.2, 0.25) is 0 Å². The molecule has 0 unspecified atom stereocenters. The fourth-order valence-corrected chi connectivity index (χ4v) is 4.25. The zero-order valence-corrected chi connectivity index (χ0v) is 19.3. The van der Waals surface area contributed by atoms with Gasteiger partial charge in [0, 0.05) is 13.7 Å². The third-order valence-corrected chi connectivity index (χ3v) is 6.18. The molecule has 0 bridgehead atoms. The van der Waals surface area contributed by atoms with E-state index in [0.29, 0.717) is 24.4 Å². The summed E-state index contributed by atoms with van der Waals surface area (Å²) in [6.07, 6.45) is 4.51. The van der Waals surface area contributed by atoms with Crippen LogP contribution in [0.5, 0.6) is 0 Å². The van der Waals surface area contributed by atoms with Crippen molar-refractivity contribution in [2.24, 2.45) is 0 Å². The van der Waals surface area contributed by atoms with Crippen LogP contribution in [0.15, 0.2) is 23.0 Å². The van der Waals surface area contributed by atoms with Gasteiger partial charge < -0.3 is 20.3 Å². The lowest BCUT2D eigenvalue weighted by atomic mass is 9.94. The normalized spacial score (nSPS) is 17.0. The Kier molecular flexibility index (Phi) is 8.10. The van der Waals surface area contributed by atoms with Gasteiger partial charge in [-0.3, -0.25) is 9.36 Å². The fraction of sp³-hybridized carbons (Fsp3) is 0.591. The highest BCUT2D eigenvalue weighted by Crippen LogP contribution is 2.27. The molecule has 9 nitrogen and oxygen atoms in total. The van der Waals surface area contributed by atoms with Crippen molar-refractivity contribution in [1.82, 2.24) is 19.7 Å². The van der Waals surface area contributed by atoms with Crippen molar-refractivity contribution < 1.29 is 19.7 Å². The van der Waals surface area contributed by atoms with Crippen molar-refractivity contribution in [2.45, 2.75) is 63.7 Å². The highest BCUT2D eigenvalue weighted by atomic mass is 35.5. The number of nitrogens with one attached hydrogen (secondary N) is 1. The maximum absolute atomic E-state index is 12.8. The van der Waals surface area contributed by atoms with E-state index in [0.717, 1.165) is 25.7 Å². The van der Waals surface area contributed by atoms with E-state index >= 15 is 0 Å². The van der Waals surface area contributed by atoms with Crippen LogP contribution in [0.2, 0.25) is 5.02 Å². The minimum absolute atomic E-state index is 0.0397. The molecule has 1 amide bonds. The molecule has 1 aromatic heterocycles. The Morgan fingerprint density at radius 3 is 2.66 bits per heavy atom. The second-order valence-corrected chi connectivity index (χ2v) is 8.85. The molecule has 1 saturated carbocycles. The average Bonchev–Trinajstić information content (AvgIpc) is 2.91. The predicted molar refractivity (Wildman–Crippen MR) is 120 cm³/mol. The summed E-state index contributed by atoms with van der Waals surface area (Å²) in [6, 6.07) is 4.63. The minimum atomic E-state index is -0.911. The SMILES string of the molecule is COC[C@@H](O)Cn1c(C)nn(-c2ccc(Cl)c(C(=O)NCC3(O)CCCCCC3)c2)c1=O. The number of aliphatic hydroxyl groups is 2. The van der Waals surface area contributed by atoms with E-state index in [2.05, 4.69) is 10.4 Å². The number of halogens is 1. The molecule has 1 aliphatic rings. The first-order valence-electron chi connectivity index (χ1n) is 10.9. The van der Waals surface area contributed by atoms with Crippen LogP contribution in [0.25, 0.3) is 5.69 Å². The Bertz CT molecular complexity index is 995. The molecule has 0 spiro atoms. The Labute approximate surface area is 192 Å². The molecule has 1 atom stereocenters. The molecule has 0 aliphatic heterocycles. The highest BCUT2D eigenvalue weighted by Gasteiger charge is 2.29. The number of methoxy groups -OCH3 is 1. The van der Waals surface area contributed by atoms with Crippen LogP contribution >= 0.6 is 11.6 Å². The summed E-state index contributed by atoms with van der Waals surface area (Å²) < 4.78 is 7.43. The van der Waals surface area contributed by atoms with Gasteiger partial charge >= 0.3 is 5.69 Å². The number of aryl methyl sites for hydroxylation is 1. The lowest BCUT2D eigenvalue weighted by Gasteiger charge is -2.26. The molecular formula is C22H31ClN4O5. The Balaban J connectivity index is 1.80. The molecule has 2 aromatic rings. The number of hydrogen-bond donors (Lipinski definition) is 3. The number of nitrogens with zero attached hydrogens (tertiary/aromatic N) is 3. The van der Waals surface area contributed by atoms with Gasteiger partial charge in [-0.25, -0.2) is 4.79 Å². The van der Waals surface area contributed by atoms with Crippen molar-refractivity contribution in [3.05, 3.63) is 45.1 Å². The zero-order valence-electron chi connectivity index (χ0n) is 18.5. The van der Waals surface area contributed by atoms with Crippen molar-refractivity contribution in [3.63, 3.8) is 0 Å². The molecule has 10 heteroatoms. The van der Waals surface area contributed by atoms with Crippen molar-refractivity contribution >= 4 is 17.5 Å². The van der Waals surface area contributed by atoms with Gasteiger partial charge in [0.05, 0.1) is 41.1 Å². The lowest BCUT2D eigenvalue weighted by molar-refractivity contribution is 0.0246. The van der Waals surface area contributed by atoms with Gasteiger partial charge in [-0.15, -0.1) is 0 Å². The third kappa shape index (κ3) is 5.78. The highest BCUT2D eigenvalue weighted by molar-refractivity contribution is 6.33. The summed E-state index contributed by atoms with van der Waals surface area (Å²) >= 11 is 6.26. The van der Waals surface area contributed by atoms with Gasteiger partial charge in [-0.1, -0.05) is 37.3 Å². The summed E-state index contributed by atoms with van der Waals surface area (Å²) in [6.45, 7) is 1.94. The number of aromatic nitrogens is 3. The number of carbonyl (C=O) groups excluding carboxylic acids is 1. The molecule has 0 radical (unpaired) electrons. The Morgan fingerprint density at radius 1 is 1.31 bits per heavy atom. The number of rotatable bonds is 8. The zero-order chi connectivity index (χ0) is 23.3. The summed E-state index contributed by atoms with van der Waals surface area (Å²) in [7, 11) is 1.47. The molecule has 1 heterocycles. The summed E-state index contributed by atoms with van der Waals surface area (Å²) in [5, 5.41) is 28.1. The molecule has 1 fully saturated rings. The van der Waals surface area contributed by atoms with E-state index in [1.54, 1.807) is 13.0 Å². The van der Waals surface area contributed by atoms with Gasteiger partial charge in [0.25, 0.3) is 5.91 Å². The van der Waals surface area contributed by atoms with Crippen molar-refractivity contribution in [1.29, 1.82) is 0 Å². The number of aliphatic hydroxyl groups excluding tert-OH is 1. The summed E-state index contributed by atoms with van der Waals surface area (Å²) in [5.74, 6) is -0.00377. The van der Waals surface area contributed by atoms with E-state index in [1.165, 1.54) is 28.5 Å². The standard InChI is InChI=1S/C22H31ClN4O5/c1-15-25-27(21(30)26(15)12-17(28)13-32-2)16-7-8-19(23)18(11-16)20(29)24-14-22(31)9-5-3-4-6-10-22/h7-8,11,17,28,31H,3-6,9-10,12-14H2,1-2H3,(H,24,29)/t17-/m0/s1. The molecule has 3 N–H and O–H groups in total. The van der Waals surface area contributed by atoms with Crippen LogP contribution in [0.1, 0.15) is 54.7 Å². The first-order chi connectivity index (χ1) is 15.2. The number of ether oxygens (including phenoxy) is 1. The quantitative estimate of drug-likeness (QED) is 0.510. The van der Waals surface area contributed by atoms with Crippen LogP contribution in [0.3, 0.4) is 0 Å². The van der Waals surface area contributed by atoms with Crippen LogP contribution in [0.4, 0.5) is 0 Å². The van der Waals surface area contributed by atoms with Gasteiger partial charge in [0.15, 0.2) is 0 Å². The van der Waals surface area contributed by atoms with Crippen LogP contribution in [-0.2, 0) is 11.3 Å². The maximum atomic E-state index is 12.8. The topological polar surface area (TPSA) is 119 Å². The third-order valence-electron chi connectivity index (χ3n) is 5.85. The number of benzene rings is 1. The Morgan fingerprint density at radius 2 is 2.00 bits per heavy atom. The molecule has 32 heavy (non-hydrogen) atoms. The largest absolute Gasteiger partial charge is 0.389 e. The van der Waals surface area contributed by atoms with E-state index in [4.69, 9.17) is 16.3 Å². The molecule has 176 valence electrons. The first-order valence-corrected chi connectivity index (χ1v) is 11.3. The van der Waals surface area contributed by atoms with Crippen LogP contribution < -0.4 is 11.0 Å². The number of carbonyl (C=O) groups is 1. The molecule has 1 aliphatic carbocycles. The second kappa shape index (κ2) is 10.6. The van der Waals surface area contributed by atoms with E-state index in [1.807, 2.05) is 0 Å². The molecular weight excluding hydrogens is 436 g/mol. The minimum Gasteiger partial charge on any atom is -0.389 e. The van der Waals surface area contributed by atoms with Crippen molar-refractivity contribution in [3.8, 4) is 5.69 Å². The van der Waals surface area contributed by atoms with Gasteiger partial charge in [0.1, 0.15) is 5.82 Å². The number of hydrogen-bond acceptors (Lipinski definition) is 6. The Hall–Kier alpha value is -2.20. The van der Waals surface area contributed by atoms with Gasteiger partial charge in [-0.05, 0) is 38.0 Å². The van der Waals surface area contributed by atoms with Crippen LogP contribution in [-0.4, -0.2) is 62.4 Å². The molecule has 1 aromatic carbocycles. The maximum Gasteiger partial charge on any atom is 0.350 e. The van der Waals surface area contributed by atoms with Gasteiger partial charge in [-0.2, -0.15) is 9.78 Å².